The van der Waals surface area contributed by atoms with Crippen molar-refractivity contribution in [2.24, 2.45) is 0 Å². The summed E-state index contributed by atoms with van der Waals surface area (Å²) in [6.07, 6.45) is 0. The van der Waals surface area contributed by atoms with Crippen molar-refractivity contribution in [3.63, 3.8) is 0 Å². The fourth-order valence-electron chi connectivity index (χ4n) is 11.8. The number of carbonyl (C=O) groups is 1. The number of benzene rings is 9. The molecule has 1 saturated heterocycles. The molecule has 0 unspecified atom stereocenters. The summed E-state index contributed by atoms with van der Waals surface area (Å²) in [5, 5.41) is 0. The number of rotatable bonds is 8. The van der Waals surface area contributed by atoms with Crippen molar-refractivity contribution in [2.45, 2.75) is 0 Å². The van der Waals surface area contributed by atoms with Gasteiger partial charge in [0.2, 0.25) is 25.3 Å². The van der Waals surface area contributed by atoms with Gasteiger partial charge in [-0.3, -0.25) is 4.90 Å². The third-order valence-corrected chi connectivity index (χ3v) is 15.5. The molecule has 2 amide bonds. The maximum atomic E-state index is 16.9. The Labute approximate surface area is 456 Å². The van der Waals surface area contributed by atoms with Crippen LogP contribution < -0.4 is 46.0 Å². The second kappa shape index (κ2) is 17.8. The smallest absolute Gasteiger partial charge is 0.345 e. The number of urea groups is 1. The quantitative estimate of drug-likeness (QED) is 0.139. The molecule has 0 bridgehead atoms. The van der Waals surface area contributed by atoms with E-state index in [0.717, 1.165) is 72.0 Å². The molecule has 1 fully saturated rings. The SMILES string of the molecule is O=C1N(c2nc(-c3ccccc3)cc(-c3ccccc3)n2)C2=CB3c4ccc(-c5ccccc5)cc4Oc4cc5c6c(c43)N2C(=CB6c2ccc(-c3ccccc3)cc2O5)N1c1nc(-c2ccccc2)cc(-c2ccccc2)n1. The van der Waals surface area contributed by atoms with Crippen molar-refractivity contribution in [1.29, 1.82) is 0 Å². The van der Waals surface area contributed by atoms with E-state index >= 15 is 4.79 Å². The summed E-state index contributed by atoms with van der Waals surface area (Å²) in [4.78, 5) is 43.7. The number of nitrogens with zero attached hydrogens (tertiary/aromatic N) is 7. The number of hydrogen-bond donors (Lipinski definition) is 0. The van der Waals surface area contributed by atoms with E-state index in [1.807, 2.05) is 170 Å². The van der Waals surface area contributed by atoms with Gasteiger partial charge >= 0.3 is 6.03 Å². The predicted molar refractivity (Wildman–Crippen MR) is 315 cm³/mol. The van der Waals surface area contributed by atoms with Gasteiger partial charge in [-0.25, -0.2) is 34.5 Å². The van der Waals surface area contributed by atoms with Crippen molar-refractivity contribution >= 4 is 58.9 Å². The molecule has 7 heterocycles. The average molecular weight is 1010 g/mol. The van der Waals surface area contributed by atoms with Crippen molar-refractivity contribution in [1.82, 2.24) is 19.9 Å². The summed E-state index contributed by atoms with van der Waals surface area (Å²) in [5.74, 6) is 8.56. The van der Waals surface area contributed by atoms with Crippen LogP contribution >= 0.6 is 0 Å². The fourth-order valence-corrected chi connectivity index (χ4v) is 11.8. The Balaban J connectivity index is 0.986. The molecular weight excluding hydrogens is 972 g/mol. The van der Waals surface area contributed by atoms with E-state index in [4.69, 9.17) is 29.4 Å². The highest BCUT2D eigenvalue weighted by molar-refractivity contribution is 6.96. The molecular formula is C67H41B2N7O3. The molecule has 5 aliphatic rings. The Morgan fingerprint density at radius 1 is 0.316 bits per heavy atom. The van der Waals surface area contributed by atoms with Crippen LogP contribution in [0.1, 0.15) is 0 Å². The molecule has 11 aromatic rings. The largest absolute Gasteiger partial charge is 0.458 e. The summed E-state index contributed by atoms with van der Waals surface area (Å²) >= 11 is 0. The molecule has 0 N–H and O–H groups in total. The molecule has 368 valence electrons. The van der Waals surface area contributed by atoms with Crippen LogP contribution in [0.4, 0.5) is 22.4 Å². The van der Waals surface area contributed by atoms with E-state index in [1.165, 1.54) is 0 Å². The third kappa shape index (κ3) is 7.26. The number of fused-ring (bicyclic) bond motifs is 4. The lowest BCUT2D eigenvalue weighted by Gasteiger charge is -2.51. The fraction of sp³-hybridized carbons (Fsp3) is 0. The zero-order valence-electron chi connectivity index (χ0n) is 42.2. The van der Waals surface area contributed by atoms with Crippen LogP contribution in [-0.4, -0.2) is 39.4 Å². The minimum atomic E-state index is -0.455. The standard InChI is InChI=1S/C67H41B2N7O3/c77-67-75(65-70-52(44-23-11-3-12-24-44)37-53(71-65)45-25-13-4-14-26-45)60-40-68-50-33-31-48(42-19-7-1-8-20-42)35-56(50)78-58-39-59-63-64(62(58)68)74(60)61(41-69(63)51-34-32-49(36-57(51)79-59)43-21-9-2-10-22-43)76(67)66-72-54(46-27-15-5-16-28-46)38-55(73-66)47-29-17-6-18-30-47/h1-41H. The summed E-state index contributed by atoms with van der Waals surface area (Å²) in [6.45, 7) is -0.765. The van der Waals surface area contributed by atoms with Gasteiger partial charge < -0.3 is 9.47 Å². The molecule has 0 saturated carbocycles. The van der Waals surface area contributed by atoms with Gasteiger partial charge in [-0.05, 0) is 68.4 Å². The molecule has 5 aliphatic heterocycles. The Kier molecular flexibility index (Phi) is 10.0. The summed E-state index contributed by atoms with van der Waals surface area (Å²) < 4.78 is 14.3. The van der Waals surface area contributed by atoms with Gasteiger partial charge in [0.25, 0.3) is 0 Å². The van der Waals surface area contributed by atoms with E-state index in [1.54, 1.807) is 9.80 Å². The molecule has 79 heavy (non-hydrogen) atoms. The minimum Gasteiger partial charge on any atom is -0.458 e. The molecule has 2 aromatic heterocycles. The minimum absolute atomic E-state index is 0.181. The Bertz CT molecular complexity index is 3970. The van der Waals surface area contributed by atoms with Gasteiger partial charge in [0.15, 0.2) is 0 Å². The van der Waals surface area contributed by atoms with E-state index in [-0.39, 0.29) is 25.3 Å². The molecule has 12 heteroatoms. The zero-order chi connectivity index (χ0) is 52.1. The molecule has 9 aromatic carbocycles. The van der Waals surface area contributed by atoms with Crippen LogP contribution in [0.2, 0.25) is 0 Å². The maximum Gasteiger partial charge on any atom is 0.345 e. The molecule has 0 spiro atoms. The monoisotopic (exact) mass is 1010 g/mol. The third-order valence-electron chi connectivity index (χ3n) is 15.5. The lowest BCUT2D eigenvalue weighted by Crippen LogP contribution is -2.66. The number of hydrogen-bond acceptors (Lipinski definition) is 8. The topological polar surface area (TPSA) is 96.8 Å². The maximum absolute atomic E-state index is 16.9. The summed E-state index contributed by atoms with van der Waals surface area (Å²) in [7, 11) is 0. The van der Waals surface area contributed by atoms with Crippen LogP contribution in [-0.2, 0) is 0 Å². The lowest BCUT2D eigenvalue weighted by atomic mass is 9.33. The zero-order valence-corrected chi connectivity index (χ0v) is 42.2. The first-order valence-electron chi connectivity index (χ1n) is 26.4. The molecule has 0 atom stereocenters. The number of amides is 2. The van der Waals surface area contributed by atoms with Crippen LogP contribution in [0.5, 0.6) is 23.0 Å². The first kappa shape index (κ1) is 44.7. The second-order valence-corrected chi connectivity index (χ2v) is 20.1. The van der Waals surface area contributed by atoms with Gasteiger partial charge in [-0.2, -0.15) is 0 Å². The molecule has 0 aliphatic carbocycles. The number of anilines is 3. The van der Waals surface area contributed by atoms with Gasteiger partial charge in [-0.1, -0.05) is 218 Å². The Morgan fingerprint density at radius 3 is 0.987 bits per heavy atom. The normalized spacial score (nSPS) is 14.1. The van der Waals surface area contributed by atoms with Gasteiger partial charge in [0.1, 0.15) is 34.6 Å². The molecule has 16 rings (SSSR count). The van der Waals surface area contributed by atoms with Crippen LogP contribution in [0.25, 0.3) is 67.3 Å². The first-order chi connectivity index (χ1) is 39.1. The summed E-state index contributed by atoms with van der Waals surface area (Å²) in [5.41, 5.74) is 15.0. The highest BCUT2D eigenvalue weighted by atomic mass is 16.5. The number of ether oxygens (including phenoxy) is 2. The van der Waals surface area contributed by atoms with Gasteiger partial charge in [0.05, 0.1) is 22.8 Å². The van der Waals surface area contributed by atoms with Gasteiger partial charge in [-0.15, -0.1) is 0 Å². The lowest BCUT2D eigenvalue weighted by molar-refractivity contribution is 0.252. The Morgan fingerprint density at radius 2 is 0.646 bits per heavy atom. The average Bonchev–Trinajstić information content (AvgIpc) is 3.34. The van der Waals surface area contributed by atoms with Crippen LogP contribution in [0.3, 0.4) is 0 Å². The highest BCUT2D eigenvalue weighted by Crippen LogP contribution is 2.48. The number of carbonyl (C=O) groups excluding carboxylic acids is 1. The molecule has 0 radical (unpaired) electrons. The highest BCUT2D eigenvalue weighted by Gasteiger charge is 2.54. The van der Waals surface area contributed by atoms with E-state index < -0.39 is 6.03 Å². The first-order valence-corrected chi connectivity index (χ1v) is 26.4. The van der Waals surface area contributed by atoms with E-state index in [2.05, 4.69) is 83.6 Å². The Hall–Kier alpha value is -10.6. The van der Waals surface area contributed by atoms with E-state index in [9.17, 15) is 0 Å². The predicted octanol–water partition coefficient (Wildman–Crippen LogP) is 12.4. The van der Waals surface area contributed by atoms with Crippen molar-refractivity contribution in [3.05, 3.63) is 260 Å². The summed E-state index contributed by atoms with van der Waals surface area (Å²) in [6, 6.07) is 79.2. The molecule has 10 nitrogen and oxygen atoms in total. The van der Waals surface area contributed by atoms with E-state index in [0.29, 0.717) is 57.4 Å². The van der Waals surface area contributed by atoms with Gasteiger partial charge in [0, 0.05) is 34.0 Å². The second-order valence-electron chi connectivity index (χ2n) is 20.1. The van der Waals surface area contributed by atoms with Crippen LogP contribution in [0.15, 0.2) is 260 Å². The van der Waals surface area contributed by atoms with Crippen molar-refractivity contribution in [2.75, 3.05) is 14.7 Å². The van der Waals surface area contributed by atoms with Crippen LogP contribution in [0, 0.1) is 0 Å². The van der Waals surface area contributed by atoms with Crippen molar-refractivity contribution < 1.29 is 14.3 Å². The number of aromatic nitrogens is 4. The van der Waals surface area contributed by atoms with Crippen molar-refractivity contribution in [3.8, 4) is 90.3 Å².